The van der Waals surface area contributed by atoms with Gasteiger partial charge in [0.2, 0.25) is 0 Å². The summed E-state index contributed by atoms with van der Waals surface area (Å²) in [6.07, 6.45) is -0.0258. The van der Waals surface area contributed by atoms with Crippen LogP contribution in [0.1, 0.15) is 30.6 Å². The van der Waals surface area contributed by atoms with Crippen LogP contribution >= 0.6 is 0 Å². The molecule has 0 radical (unpaired) electrons. The summed E-state index contributed by atoms with van der Waals surface area (Å²) >= 11 is 0. The second-order valence-electron chi connectivity index (χ2n) is 4.50. The number of hydrogen-bond acceptors (Lipinski definition) is 2. The van der Waals surface area contributed by atoms with Crippen LogP contribution in [0.3, 0.4) is 0 Å². The van der Waals surface area contributed by atoms with Crippen molar-refractivity contribution in [3.8, 4) is 5.75 Å². The second kappa shape index (κ2) is 6.48. The van der Waals surface area contributed by atoms with E-state index in [9.17, 15) is 13.9 Å². The van der Waals surface area contributed by atoms with Crippen molar-refractivity contribution in [1.29, 1.82) is 0 Å². The highest BCUT2D eigenvalue weighted by Crippen LogP contribution is 2.27. The Kier molecular flexibility index (Phi) is 4.69. The Morgan fingerprint density at radius 2 is 1.85 bits per heavy atom. The monoisotopic (exact) mass is 278 g/mol. The summed E-state index contributed by atoms with van der Waals surface area (Å²) in [7, 11) is 0. The fourth-order valence-corrected chi connectivity index (χ4v) is 1.90. The van der Waals surface area contributed by atoms with Crippen LogP contribution in [0, 0.1) is 11.6 Å². The summed E-state index contributed by atoms with van der Waals surface area (Å²) in [5.41, 5.74) is 1.22. The number of rotatable bonds is 5. The van der Waals surface area contributed by atoms with E-state index in [2.05, 4.69) is 0 Å². The number of para-hydroxylation sites is 1. The summed E-state index contributed by atoms with van der Waals surface area (Å²) in [5.74, 6) is -1.23. The molecule has 0 saturated heterocycles. The van der Waals surface area contributed by atoms with Crippen molar-refractivity contribution in [2.24, 2.45) is 0 Å². The van der Waals surface area contributed by atoms with Crippen molar-refractivity contribution in [2.45, 2.75) is 26.1 Å². The summed E-state index contributed by atoms with van der Waals surface area (Å²) in [5, 5.41) is 9.90. The van der Waals surface area contributed by atoms with Crippen LogP contribution < -0.4 is 4.74 Å². The third kappa shape index (κ3) is 3.33. The molecular weight excluding hydrogens is 262 g/mol. The Balaban J connectivity index is 2.12. The molecule has 20 heavy (non-hydrogen) atoms. The van der Waals surface area contributed by atoms with Gasteiger partial charge in [0.1, 0.15) is 12.4 Å². The minimum atomic E-state index is -0.895. The van der Waals surface area contributed by atoms with Crippen LogP contribution in [0.2, 0.25) is 0 Å². The molecule has 0 saturated carbocycles. The molecule has 2 aromatic carbocycles. The minimum absolute atomic E-state index is 0.116. The van der Waals surface area contributed by atoms with Crippen LogP contribution in [-0.4, -0.2) is 5.11 Å². The van der Waals surface area contributed by atoms with Gasteiger partial charge in [0.15, 0.2) is 11.6 Å². The lowest BCUT2D eigenvalue weighted by molar-refractivity contribution is 0.166. The van der Waals surface area contributed by atoms with Crippen LogP contribution in [-0.2, 0) is 6.61 Å². The average molecular weight is 278 g/mol. The van der Waals surface area contributed by atoms with Gasteiger partial charge in [-0.15, -0.1) is 0 Å². The van der Waals surface area contributed by atoms with Crippen molar-refractivity contribution in [1.82, 2.24) is 0 Å². The Morgan fingerprint density at radius 1 is 1.10 bits per heavy atom. The van der Waals surface area contributed by atoms with Crippen molar-refractivity contribution in [3.63, 3.8) is 0 Å². The molecule has 0 aliphatic heterocycles. The third-order valence-electron chi connectivity index (χ3n) is 3.04. The van der Waals surface area contributed by atoms with E-state index in [1.807, 2.05) is 13.0 Å². The van der Waals surface area contributed by atoms with E-state index in [0.717, 1.165) is 12.1 Å². The lowest BCUT2D eigenvalue weighted by Gasteiger charge is -2.15. The molecule has 1 N–H and O–H groups in total. The first-order chi connectivity index (χ1) is 9.61. The molecule has 0 aliphatic carbocycles. The number of hydrogen-bond donors (Lipinski definition) is 1. The molecule has 2 rings (SSSR count). The Labute approximate surface area is 116 Å². The maximum absolute atomic E-state index is 13.1. The predicted molar refractivity (Wildman–Crippen MR) is 72.4 cm³/mol. The maximum atomic E-state index is 13.1. The van der Waals surface area contributed by atoms with Crippen molar-refractivity contribution < 1.29 is 18.6 Å². The number of ether oxygens (including phenoxy) is 1. The second-order valence-corrected chi connectivity index (χ2v) is 4.50. The van der Waals surface area contributed by atoms with Gasteiger partial charge in [-0.3, -0.25) is 0 Å². The third-order valence-corrected chi connectivity index (χ3v) is 3.04. The smallest absolute Gasteiger partial charge is 0.159 e. The Morgan fingerprint density at radius 3 is 2.55 bits per heavy atom. The van der Waals surface area contributed by atoms with E-state index in [0.29, 0.717) is 23.3 Å². The molecule has 0 spiro atoms. The normalized spacial score (nSPS) is 12.2. The number of benzene rings is 2. The lowest BCUT2D eigenvalue weighted by atomic mass is 10.1. The Bertz CT molecular complexity index is 584. The van der Waals surface area contributed by atoms with Gasteiger partial charge in [0.05, 0.1) is 6.10 Å². The molecule has 2 nitrogen and oxygen atoms in total. The van der Waals surface area contributed by atoms with Crippen LogP contribution in [0.25, 0.3) is 0 Å². The van der Waals surface area contributed by atoms with E-state index < -0.39 is 17.7 Å². The first kappa shape index (κ1) is 14.5. The van der Waals surface area contributed by atoms with E-state index in [-0.39, 0.29) is 6.61 Å². The SMILES string of the molecule is CCC(O)c1ccccc1OCc1ccc(F)c(F)c1. The first-order valence-electron chi connectivity index (χ1n) is 6.45. The van der Waals surface area contributed by atoms with Crippen molar-refractivity contribution >= 4 is 0 Å². The molecule has 1 unspecified atom stereocenters. The zero-order valence-electron chi connectivity index (χ0n) is 11.1. The van der Waals surface area contributed by atoms with Gasteiger partial charge in [0.25, 0.3) is 0 Å². The molecule has 4 heteroatoms. The molecule has 0 amide bonds. The largest absolute Gasteiger partial charge is 0.489 e. The van der Waals surface area contributed by atoms with Gasteiger partial charge in [-0.25, -0.2) is 8.78 Å². The van der Waals surface area contributed by atoms with Gasteiger partial charge < -0.3 is 9.84 Å². The quantitative estimate of drug-likeness (QED) is 0.896. The fraction of sp³-hybridized carbons (Fsp3) is 0.250. The topological polar surface area (TPSA) is 29.5 Å². The Hall–Kier alpha value is -1.94. The molecule has 0 aromatic heterocycles. The van der Waals surface area contributed by atoms with Crippen molar-refractivity contribution in [2.75, 3.05) is 0 Å². The fourth-order valence-electron chi connectivity index (χ4n) is 1.90. The number of aliphatic hydroxyl groups excluding tert-OH is 1. The summed E-state index contributed by atoms with van der Waals surface area (Å²) in [4.78, 5) is 0. The molecule has 0 fully saturated rings. The van der Waals surface area contributed by atoms with E-state index in [1.165, 1.54) is 6.07 Å². The van der Waals surface area contributed by atoms with Gasteiger partial charge in [-0.05, 0) is 30.2 Å². The van der Waals surface area contributed by atoms with E-state index in [1.54, 1.807) is 18.2 Å². The number of aliphatic hydroxyl groups is 1. The molecule has 0 bridgehead atoms. The minimum Gasteiger partial charge on any atom is -0.489 e. The first-order valence-corrected chi connectivity index (χ1v) is 6.45. The standard InChI is InChI=1S/C16H16F2O2/c1-2-15(19)12-5-3-4-6-16(12)20-10-11-7-8-13(17)14(18)9-11/h3-9,15,19H,2,10H2,1H3. The predicted octanol–water partition coefficient (Wildman–Crippen LogP) is 3.99. The van der Waals surface area contributed by atoms with E-state index >= 15 is 0 Å². The molecule has 0 heterocycles. The van der Waals surface area contributed by atoms with Crippen LogP contribution in [0.5, 0.6) is 5.75 Å². The molecule has 2 aromatic rings. The van der Waals surface area contributed by atoms with Gasteiger partial charge in [-0.2, -0.15) is 0 Å². The summed E-state index contributed by atoms with van der Waals surface area (Å²) in [6, 6.07) is 10.8. The molecule has 0 aliphatic rings. The average Bonchev–Trinajstić information content (AvgIpc) is 2.48. The molecule has 106 valence electrons. The summed E-state index contributed by atoms with van der Waals surface area (Å²) < 4.78 is 31.5. The van der Waals surface area contributed by atoms with Gasteiger partial charge >= 0.3 is 0 Å². The van der Waals surface area contributed by atoms with Gasteiger partial charge in [-0.1, -0.05) is 31.2 Å². The lowest BCUT2D eigenvalue weighted by Crippen LogP contribution is -2.02. The molecule has 1 atom stereocenters. The van der Waals surface area contributed by atoms with E-state index in [4.69, 9.17) is 4.74 Å². The highest BCUT2D eigenvalue weighted by molar-refractivity contribution is 5.35. The summed E-state index contributed by atoms with van der Waals surface area (Å²) in [6.45, 7) is 1.99. The highest BCUT2D eigenvalue weighted by Gasteiger charge is 2.11. The van der Waals surface area contributed by atoms with Crippen LogP contribution in [0.15, 0.2) is 42.5 Å². The number of halogens is 2. The van der Waals surface area contributed by atoms with Crippen molar-refractivity contribution in [3.05, 3.63) is 65.2 Å². The molecular formula is C16H16F2O2. The zero-order chi connectivity index (χ0) is 14.5. The van der Waals surface area contributed by atoms with Crippen LogP contribution in [0.4, 0.5) is 8.78 Å². The van der Waals surface area contributed by atoms with Gasteiger partial charge in [0, 0.05) is 5.56 Å². The zero-order valence-corrected chi connectivity index (χ0v) is 11.1. The maximum Gasteiger partial charge on any atom is 0.159 e. The highest BCUT2D eigenvalue weighted by atomic mass is 19.2.